The Morgan fingerprint density at radius 1 is 1.29 bits per heavy atom. The van der Waals surface area contributed by atoms with Crippen molar-refractivity contribution in [2.24, 2.45) is 11.8 Å². The maximum absolute atomic E-state index is 10.3. The van der Waals surface area contributed by atoms with Crippen LogP contribution in [0.5, 0.6) is 0 Å². The third-order valence-electron chi connectivity index (χ3n) is 3.21. The van der Waals surface area contributed by atoms with E-state index < -0.39 is 5.97 Å². The molecular weight excluding hydrogens is 178 g/mol. The molecule has 0 unspecified atom stereocenters. The Labute approximate surface area is 84.9 Å². The van der Waals surface area contributed by atoms with E-state index in [0.29, 0.717) is 12.5 Å². The second kappa shape index (κ2) is 4.30. The molecule has 0 bridgehead atoms. The maximum atomic E-state index is 10.3. The third-order valence-corrected chi connectivity index (χ3v) is 3.21. The molecule has 0 amide bonds. The largest absolute Gasteiger partial charge is 0.481 e. The molecule has 2 N–H and O–H groups in total. The summed E-state index contributed by atoms with van der Waals surface area (Å²) in [6, 6.07) is 0.712. The van der Waals surface area contributed by atoms with Crippen LogP contribution < -0.4 is 5.32 Å². The summed E-state index contributed by atoms with van der Waals surface area (Å²) >= 11 is 0. The zero-order valence-electron chi connectivity index (χ0n) is 8.54. The van der Waals surface area contributed by atoms with Crippen LogP contribution >= 0.6 is 0 Å². The van der Waals surface area contributed by atoms with Crippen molar-refractivity contribution < 1.29 is 9.90 Å². The molecule has 0 saturated heterocycles. The number of hydrogen-bond acceptors (Lipinski definition) is 2. The van der Waals surface area contributed by atoms with Gasteiger partial charge >= 0.3 is 5.97 Å². The van der Waals surface area contributed by atoms with E-state index in [2.05, 4.69) is 5.32 Å². The summed E-state index contributed by atoms with van der Waals surface area (Å²) in [4.78, 5) is 10.3. The Bertz CT molecular complexity index is 197. The van der Waals surface area contributed by atoms with Crippen molar-refractivity contribution >= 4 is 5.97 Å². The zero-order valence-corrected chi connectivity index (χ0v) is 8.54. The summed E-state index contributed by atoms with van der Waals surface area (Å²) in [5.74, 6) is 1.14. The molecule has 0 aromatic carbocycles. The smallest absolute Gasteiger partial charge is 0.303 e. The number of carboxylic acids is 1. The van der Waals surface area contributed by atoms with Gasteiger partial charge in [-0.2, -0.15) is 0 Å². The van der Waals surface area contributed by atoms with Crippen molar-refractivity contribution in [3.63, 3.8) is 0 Å². The van der Waals surface area contributed by atoms with E-state index in [1.54, 1.807) is 0 Å². The first-order valence-electron chi connectivity index (χ1n) is 5.72. The first-order valence-corrected chi connectivity index (χ1v) is 5.72. The Balaban J connectivity index is 1.59. The average Bonchev–Trinajstić information content (AvgIpc) is 2.99. The molecule has 3 nitrogen and oxygen atoms in total. The molecule has 0 atom stereocenters. The highest BCUT2D eigenvalue weighted by atomic mass is 16.4. The van der Waals surface area contributed by atoms with E-state index in [9.17, 15) is 4.79 Å². The number of hydrogen-bond donors (Lipinski definition) is 2. The normalized spacial score (nSPS) is 21.5. The van der Waals surface area contributed by atoms with Gasteiger partial charge in [-0.25, -0.2) is 0 Å². The van der Waals surface area contributed by atoms with Crippen LogP contribution in [0.2, 0.25) is 0 Å². The molecule has 2 aliphatic rings. The summed E-state index contributed by atoms with van der Waals surface area (Å²) in [5, 5.41) is 12.0. The topological polar surface area (TPSA) is 49.3 Å². The molecule has 0 aliphatic heterocycles. The van der Waals surface area contributed by atoms with Crippen LogP contribution in [-0.4, -0.2) is 23.7 Å². The first-order chi connectivity index (χ1) is 6.77. The molecular formula is C11H19NO2. The summed E-state index contributed by atoms with van der Waals surface area (Å²) in [6.45, 7) is 0.879. The van der Waals surface area contributed by atoms with Gasteiger partial charge in [0.15, 0.2) is 0 Å². The van der Waals surface area contributed by atoms with Crippen molar-refractivity contribution in [1.82, 2.24) is 5.32 Å². The minimum absolute atomic E-state index is 0.301. The Hall–Kier alpha value is -0.570. The maximum Gasteiger partial charge on any atom is 0.303 e. The van der Waals surface area contributed by atoms with Crippen molar-refractivity contribution in [2.45, 2.75) is 44.6 Å². The molecule has 2 fully saturated rings. The highest BCUT2D eigenvalue weighted by Crippen LogP contribution is 2.44. The van der Waals surface area contributed by atoms with Crippen LogP contribution in [0.4, 0.5) is 0 Å². The van der Waals surface area contributed by atoms with Gasteiger partial charge in [-0.3, -0.25) is 4.79 Å². The molecule has 0 spiro atoms. The van der Waals surface area contributed by atoms with Crippen molar-refractivity contribution in [3.8, 4) is 0 Å². The van der Waals surface area contributed by atoms with E-state index in [0.717, 1.165) is 24.8 Å². The average molecular weight is 197 g/mol. The van der Waals surface area contributed by atoms with Crippen LogP contribution in [-0.2, 0) is 4.79 Å². The van der Waals surface area contributed by atoms with E-state index >= 15 is 0 Å². The molecule has 0 aromatic heterocycles. The van der Waals surface area contributed by atoms with Gasteiger partial charge in [-0.05, 0) is 50.5 Å². The lowest BCUT2D eigenvalue weighted by Crippen LogP contribution is -2.34. The molecule has 3 heteroatoms. The number of carbonyl (C=O) groups is 1. The molecule has 80 valence electrons. The SMILES string of the molecule is O=C(O)CCCNC(C1CC1)C1CC1. The van der Waals surface area contributed by atoms with Gasteiger partial charge in [0.2, 0.25) is 0 Å². The molecule has 0 radical (unpaired) electrons. The molecule has 2 aliphatic carbocycles. The van der Waals surface area contributed by atoms with E-state index in [-0.39, 0.29) is 0 Å². The number of rotatable bonds is 7. The van der Waals surface area contributed by atoms with Crippen molar-refractivity contribution in [2.75, 3.05) is 6.54 Å². The lowest BCUT2D eigenvalue weighted by atomic mass is 10.1. The number of nitrogens with one attached hydrogen (secondary N) is 1. The zero-order chi connectivity index (χ0) is 9.97. The summed E-state index contributed by atoms with van der Waals surface area (Å²) in [5.41, 5.74) is 0. The van der Waals surface area contributed by atoms with Gasteiger partial charge in [-0.15, -0.1) is 0 Å². The lowest BCUT2D eigenvalue weighted by Gasteiger charge is -2.16. The molecule has 0 aromatic rings. The first kappa shape index (κ1) is 9.97. The third kappa shape index (κ3) is 2.98. The van der Waals surface area contributed by atoms with Crippen LogP contribution in [0.3, 0.4) is 0 Å². The van der Waals surface area contributed by atoms with Gasteiger partial charge in [0.25, 0.3) is 0 Å². The highest BCUT2D eigenvalue weighted by Gasteiger charge is 2.40. The highest BCUT2D eigenvalue weighted by molar-refractivity contribution is 5.66. The Kier molecular flexibility index (Phi) is 3.06. The van der Waals surface area contributed by atoms with Gasteiger partial charge in [0.05, 0.1) is 0 Å². The molecule has 0 heterocycles. The minimum atomic E-state index is -0.679. The fourth-order valence-corrected chi connectivity index (χ4v) is 2.14. The monoisotopic (exact) mass is 197 g/mol. The Morgan fingerprint density at radius 3 is 2.29 bits per heavy atom. The minimum Gasteiger partial charge on any atom is -0.481 e. The summed E-state index contributed by atoms with van der Waals surface area (Å²) in [6.07, 6.45) is 6.60. The van der Waals surface area contributed by atoms with Crippen LogP contribution in [0.25, 0.3) is 0 Å². The fraction of sp³-hybridized carbons (Fsp3) is 0.909. The number of carboxylic acid groups (broad SMARTS) is 1. The van der Waals surface area contributed by atoms with Crippen molar-refractivity contribution in [1.29, 1.82) is 0 Å². The van der Waals surface area contributed by atoms with Gasteiger partial charge in [0.1, 0.15) is 0 Å². The van der Waals surface area contributed by atoms with Gasteiger partial charge in [0, 0.05) is 12.5 Å². The van der Waals surface area contributed by atoms with E-state index in [1.807, 2.05) is 0 Å². The summed E-state index contributed by atoms with van der Waals surface area (Å²) < 4.78 is 0. The predicted octanol–water partition coefficient (Wildman–Crippen LogP) is 1.63. The van der Waals surface area contributed by atoms with Gasteiger partial charge in [-0.1, -0.05) is 0 Å². The molecule has 14 heavy (non-hydrogen) atoms. The Morgan fingerprint density at radius 2 is 1.86 bits per heavy atom. The molecule has 2 rings (SSSR count). The standard InChI is InChI=1S/C11H19NO2/c13-10(14)2-1-7-12-11(8-3-4-8)9-5-6-9/h8-9,11-12H,1-7H2,(H,13,14). The summed E-state index contributed by atoms with van der Waals surface area (Å²) in [7, 11) is 0. The van der Waals surface area contributed by atoms with Crippen LogP contribution in [0, 0.1) is 11.8 Å². The second-order valence-corrected chi connectivity index (χ2v) is 4.65. The molecule has 2 saturated carbocycles. The van der Waals surface area contributed by atoms with E-state index in [1.165, 1.54) is 25.7 Å². The fourth-order valence-electron chi connectivity index (χ4n) is 2.14. The van der Waals surface area contributed by atoms with Crippen LogP contribution in [0.15, 0.2) is 0 Å². The van der Waals surface area contributed by atoms with Crippen molar-refractivity contribution in [3.05, 3.63) is 0 Å². The van der Waals surface area contributed by atoms with Crippen LogP contribution in [0.1, 0.15) is 38.5 Å². The second-order valence-electron chi connectivity index (χ2n) is 4.65. The number of aliphatic carboxylic acids is 1. The van der Waals surface area contributed by atoms with Gasteiger partial charge < -0.3 is 10.4 Å². The van der Waals surface area contributed by atoms with E-state index in [4.69, 9.17) is 5.11 Å². The quantitative estimate of drug-likeness (QED) is 0.610. The lowest BCUT2D eigenvalue weighted by molar-refractivity contribution is -0.137. The predicted molar refractivity (Wildman–Crippen MR) is 54.1 cm³/mol.